The second-order valence-electron chi connectivity index (χ2n) is 3.78. The Hall–Kier alpha value is -0.990. The van der Waals surface area contributed by atoms with Crippen molar-refractivity contribution in [2.75, 3.05) is 4.72 Å². The maximum Gasteiger partial charge on any atom is 0.337 e. The van der Waals surface area contributed by atoms with Gasteiger partial charge in [-0.2, -0.15) is 0 Å². The molecule has 0 aliphatic heterocycles. The molecule has 2 rings (SSSR count). The number of thiophene rings is 1. The highest BCUT2D eigenvalue weighted by molar-refractivity contribution is 7.94. The van der Waals surface area contributed by atoms with Gasteiger partial charge in [-0.3, -0.25) is 4.72 Å². The molecule has 2 aromatic rings. The molecular weight excluding hydrogens is 381 g/mol. The average molecular weight is 387 g/mol. The zero-order chi connectivity index (χ0) is 15.8. The molecule has 1 aromatic carbocycles. The van der Waals surface area contributed by atoms with Crippen LogP contribution in [0.25, 0.3) is 0 Å². The molecule has 1 heterocycles. The van der Waals surface area contributed by atoms with Gasteiger partial charge in [0.2, 0.25) is 0 Å². The van der Waals surface area contributed by atoms with Gasteiger partial charge in [0.05, 0.1) is 20.6 Å². The second kappa shape index (κ2) is 6.02. The number of halogens is 3. The lowest BCUT2D eigenvalue weighted by Crippen LogP contribution is -2.15. The Labute approximate surface area is 139 Å². The smallest absolute Gasteiger partial charge is 0.337 e. The van der Waals surface area contributed by atoms with Gasteiger partial charge in [0, 0.05) is 5.02 Å². The minimum atomic E-state index is -3.99. The first-order chi connectivity index (χ1) is 9.70. The number of benzene rings is 1. The van der Waals surface area contributed by atoms with E-state index in [2.05, 4.69) is 4.72 Å². The third-order valence-corrected chi connectivity index (χ3v) is 5.92. The largest absolute Gasteiger partial charge is 0.478 e. The summed E-state index contributed by atoms with van der Waals surface area (Å²) in [5, 5.41) is 9.08. The fourth-order valence-corrected chi connectivity index (χ4v) is 4.65. The molecule has 0 saturated carbocycles. The van der Waals surface area contributed by atoms with Gasteiger partial charge >= 0.3 is 5.97 Å². The van der Waals surface area contributed by atoms with Crippen LogP contribution in [-0.4, -0.2) is 19.5 Å². The Morgan fingerprint density at radius 2 is 1.86 bits per heavy atom. The zero-order valence-corrected chi connectivity index (χ0v) is 13.8. The predicted octanol–water partition coefficient (Wildman–Crippen LogP) is 4.21. The van der Waals surface area contributed by atoms with E-state index in [9.17, 15) is 13.2 Å². The Kier molecular flexibility index (Phi) is 4.69. The lowest BCUT2D eigenvalue weighted by atomic mass is 10.2. The van der Waals surface area contributed by atoms with Crippen molar-refractivity contribution in [2.45, 2.75) is 4.21 Å². The van der Waals surface area contributed by atoms with Crippen molar-refractivity contribution < 1.29 is 18.3 Å². The maximum absolute atomic E-state index is 12.2. The number of hydrogen-bond acceptors (Lipinski definition) is 4. The van der Waals surface area contributed by atoms with Gasteiger partial charge in [-0.1, -0.05) is 34.8 Å². The summed E-state index contributed by atoms with van der Waals surface area (Å²) in [5.74, 6) is -1.36. The van der Waals surface area contributed by atoms with Gasteiger partial charge in [-0.05, 0) is 24.3 Å². The molecule has 0 spiro atoms. The fourth-order valence-electron chi connectivity index (χ4n) is 1.47. The van der Waals surface area contributed by atoms with Crippen molar-refractivity contribution in [1.82, 2.24) is 0 Å². The highest BCUT2D eigenvalue weighted by atomic mass is 35.5. The van der Waals surface area contributed by atoms with Crippen LogP contribution in [0.4, 0.5) is 5.69 Å². The molecule has 10 heteroatoms. The van der Waals surface area contributed by atoms with Crippen LogP contribution < -0.4 is 4.72 Å². The molecule has 112 valence electrons. The molecule has 21 heavy (non-hydrogen) atoms. The molecular formula is C11H6Cl3NO4S2. The van der Waals surface area contributed by atoms with Gasteiger partial charge in [0.25, 0.3) is 10.0 Å². The third kappa shape index (κ3) is 3.61. The van der Waals surface area contributed by atoms with Gasteiger partial charge < -0.3 is 5.11 Å². The highest BCUT2D eigenvalue weighted by Gasteiger charge is 2.23. The molecule has 0 radical (unpaired) electrons. The van der Waals surface area contributed by atoms with E-state index in [-0.39, 0.29) is 29.8 Å². The number of rotatable bonds is 4. The summed E-state index contributed by atoms with van der Waals surface area (Å²) >= 11 is 18.1. The summed E-state index contributed by atoms with van der Waals surface area (Å²) in [6.07, 6.45) is 0. The van der Waals surface area contributed by atoms with E-state index >= 15 is 0 Å². The summed E-state index contributed by atoms with van der Waals surface area (Å²) in [5.41, 5.74) is -0.600. The SMILES string of the molecule is O=C(O)c1cc(Cl)cc(Cl)c1NS(=O)(=O)c1ccc(Cl)s1. The zero-order valence-electron chi connectivity index (χ0n) is 9.93. The highest BCUT2D eigenvalue weighted by Crippen LogP contribution is 2.33. The number of aromatic carboxylic acids is 1. The van der Waals surface area contributed by atoms with Crippen LogP contribution in [-0.2, 0) is 10.0 Å². The predicted molar refractivity (Wildman–Crippen MR) is 83.6 cm³/mol. The standard InChI is InChI=1S/C11H6Cl3NO4S2/c12-5-3-6(11(16)17)10(7(13)4-5)15-21(18,19)9-2-1-8(14)20-9/h1-4,15H,(H,16,17). The van der Waals surface area contributed by atoms with E-state index < -0.39 is 16.0 Å². The lowest BCUT2D eigenvalue weighted by molar-refractivity contribution is 0.0698. The first-order valence-electron chi connectivity index (χ1n) is 5.21. The Bertz CT molecular complexity index is 817. The number of carboxylic acids is 1. The first-order valence-corrected chi connectivity index (χ1v) is 8.64. The average Bonchev–Trinajstić information content (AvgIpc) is 2.79. The van der Waals surface area contributed by atoms with E-state index in [0.29, 0.717) is 0 Å². The summed E-state index contributed by atoms with van der Waals surface area (Å²) < 4.78 is 26.7. The molecule has 0 atom stereocenters. The van der Waals surface area contributed by atoms with Gasteiger partial charge in [0.15, 0.2) is 0 Å². The van der Waals surface area contributed by atoms with E-state index in [0.717, 1.165) is 17.4 Å². The number of anilines is 1. The monoisotopic (exact) mass is 385 g/mol. The Morgan fingerprint density at radius 3 is 2.38 bits per heavy atom. The van der Waals surface area contributed by atoms with Crippen molar-refractivity contribution >= 4 is 67.8 Å². The minimum Gasteiger partial charge on any atom is -0.478 e. The normalized spacial score (nSPS) is 11.4. The lowest BCUT2D eigenvalue weighted by Gasteiger charge is -2.11. The van der Waals surface area contributed by atoms with Crippen LogP contribution in [0, 0.1) is 0 Å². The molecule has 5 nitrogen and oxygen atoms in total. The van der Waals surface area contributed by atoms with E-state index in [1.165, 1.54) is 18.2 Å². The number of carbonyl (C=O) groups is 1. The third-order valence-electron chi connectivity index (χ3n) is 2.34. The molecule has 1 aromatic heterocycles. The number of sulfonamides is 1. The Morgan fingerprint density at radius 1 is 1.19 bits per heavy atom. The molecule has 0 aliphatic rings. The van der Waals surface area contributed by atoms with Gasteiger partial charge in [-0.15, -0.1) is 11.3 Å². The van der Waals surface area contributed by atoms with Gasteiger partial charge in [0.1, 0.15) is 4.21 Å². The number of nitrogens with one attached hydrogen (secondary N) is 1. The van der Waals surface area contributed by atoms with E-state index in [1.54, 1.807) is 0 Å². The quantitative estimate of drug-likeness (QED) is 0.824. The molecule has 2 N–H and O–H groups in total. The molecule has 0 saturated heterocycles. The van der Waals surface area contributed by atoms with Crippen molar-refractivity contribution in [1.29, 1.82) is 0 Å². The number of carboxylic acid groups (broad SMARTS) is 1. The first kappa shape index (κ1) is 16.4. The molecule has 0 bridgehead atoms. The van der Waals surface area contributed by atoms with Crippen LogP contribution in [0.5, 0.6) is 0 Å². The van der Waals surface area contributed by atoms with Crippen molar-refractivity contribution in [2.24, 2.45) is 0 Å². The molecule has 0 amide bonds. The fraction of sp³-hybridized carbons (Fsp3) is 0. The van der Waals surface area contributed by atoms with Crippen LogP contribution in [0.2, 0.25) is 14.4 Å². The maximum atomic E-state index is 12.2. The minimum absolute atomic E-state index is 0.0603. The molecule has 0 fully saturated rings. The van der Waals surface area contributed by atoms with Crippen LogP contribution in [0.15, 0.2) is 28.5 Å². The summed E-state index contributed by atoms with van der Waals surface area (Å²) in [7, 11) is -3.99. The van der Waals surface area contributed by atoms with Crippen molar-refractivity contribution in [3.8, 4) is 0 Å². The molecule has 0 unspecified atom stereocenters. The molecule has 0 aliphatic carbocycles. The summed E-state index contributed by atoms with van der Waals surface area (Å²) in [6.45, 7) is 0. The topological polar surface area (TPSA) is 83.5 Å². The Balaban J connectivity index is 2.51. The van der Waals surface area contributed by atoms with E-state index in [4.69, 9.17) is 39.9 Å². The summed E-state index contributed by atoms with van der Waals surface area (Å²) in [6, 6.07) is 5.08. The van der Waals surface area contributed by atoms with Crippen LogP contribution >= 0.6 is 46.1 Å². The van der Waals surface area contributed by atoms with Crippen molar-refractivity contribution in [3.63, 3.8) is 0 Å². The van der Waals surface area contributed by atoms with Crippen LogP contribution in [0.1, 0.15) is 10.4 Å². The van der Waals surface area contributed by atoms with E-state index in [1.807, 2.05) is 0 Å². The van der Waals surface area contributed by atoms with Gasteiger partial charge in [-0.25, -0.2) is 13.2 Å². The second-order valence-corrected chi connectivity index (χ2v) is 8.25. The van der Waals surface area contributed by atoms with Crippen LogP contribution in [0.3, 0.4) is 0 Å². The summed E-state index contributed by atoms with van der Waals surface area (Å²) in [4.78, 5) is 11.2. The number of hydrogen-bond donors (Lipinski definition) is 2. The van der Waals surface area contributed by atoms with Crippen molar-refractivity contribution in [3.05, 3.63) is 44.2 Å².